The van der Waals surface area contributed by atoms with Crippen molar-refractivity contribution >= 4 is 10.0 Å². The van der Waals surface area contributed by atoms with Crippen LogP contribution in [-0.2, 0) is 14.8 Å². The van der Waals surface area contributed by atoms with E-state index in [-0.39, 0.29) is 10.9 Å². The number of sulfonamides is 1. The van der Waals surface area contributed by atoms with Gasteiger partial charge < -0.3 is 4.74 Å². The molecular weight excluding hydrogens is 240 g/mol. The van der Waals surface area contributed by atoms with Crippen molar-refractivity contribution in [3.8, 4) is 6.07 Å². The molecule has 0 radical (unpaired) electrons. The average Bonchev–Trinajstić information content (AvgIpc) is 2.81. The van der Waals surface area contributed by atoms with Crippen LogP contribution in [0.1, 0.15) is 12.0 Å². The molecule has 1 unspecified atom stereocenters. The molecule has 0 amide bonds. The van der Waals surface area contributed by atoms with Crippen LogP contribution in [0, 0.1) is 11.3 Å². The summed E-state index contributed by atoms with van der Waals surface area (Å²) in [6.07, 6.45) is 0.690. The number of benzene rings is 1. The summed E-state index contributed by atoms with van der Waals surface area (Å²) in [6.45, 7) is 0.996. The van der Waals surface area contributed by atoms with Gasteiger partial charge in [0.2, 0.25) is 10.0 Å². The van der Waals surface area contributed by atoms with E-state index in [0.717, 1.165) is 0 Å². The van der Waals surface area contributed by atoms with Gasteiger partial charge in [-0.15, -0.1) is 0 Å². The van der Waals surface area contributed by atoms with Crippen LogP contribution in [0.25, 0.3) is 0 Å². The van der Waals surface area contributed by atoms with Gasteiger partial charge in [-0.2, -0.15) is 5.26 Å². The van der Waals surface area contributed by atoms with E-state index in [1.165, 1.54) is 24.3 Å². The number of hydrogen-bond acceptors (Lipinski definition) is 4. The molecule has 1 heterocycles. The minimum absolute atomic E-state index is 0.157. The first kappa shape index (κ1) is 12.0. The Morgan fingerprint density at radius 1 is 1.35 bits per heavy atom. The summed E-state index contributed by atoms with van der Waals surface area (Å²) in [7, 11) is -3.51. The Balaban J connectivity index is 2.16. The SMILES string of the molecule is N#Cc1ccc(S(=O)(=O)NC2CCOC2)cc1. The molecule has 1 aliphatic heterocycles. The Morgan fingerprint density at radius 2 is 2.06 bits per heavy atom. The molecule has 6 heteroatoms. The number of ether oxygens (including phenoxy) is 1. The lowest BCUT2D eigenvalue weighted by Crippen LogP contribution is -2.34. The molecule has 17 heavy (non-hydrogen) atoms. The molecule has 1 fully saturated rings. The lowest BCUT2D eigenvalue weighted by atomic mass is 10.2. The van der Waals surface area contributed by atoms with Crippen LogP contribution in [0.3, 0.4) is 0 Å². The van der Waals surface area contributed by atoms with Gasteiger partial charge in [-0.1, -0.05) is 0 Å². The normalized spacial score (nSPS) is 20.1. The van der Waals surface area contributed by atoms with Crippen LogP contribution in [0.4, 0.5) is 0 Å². The van der Waals surface area contributed by atoms with Gasteiger partial charge in [-0.3, -0.25) is 0 Å². The van der Waals surface area contributed by atoms with Gasteiger partial charge in [-0.25, -0.2) is 13.1 Å². The molecule has 90 valence electrons. The highest BCUT2D eigenvalue weighted by Gasteiger charge is 2.23. The predicted octanol–water partition coefficient (Wildman–Crippen LogP) is 0.625. The molecule has 1 aliphatic rings. The summed E-state index contributed by atoms with van der Waals surface area (Å²) < 4.78 is 31.6. The van der Waals surface area contributed by atoms with E-state index in [1.807, 2.05) is 6.07 Å². The lowest BCUT2D eigenvalue weighted by Gasteiger charge is -2.11. The largest absolute Gasteiger partial charge is 0.380 e. The molecule has 1 aromatic rings. The molecule has 0 saturated carbocycles. The number of rotatable bonds is 3. The lowest BCUT2D eigenvalue weighted by molar-refractivity contribution is 0.192. The van der Waals surface area contributed by atoms with Crippen LogP contribution in [-0.4, -0.2) is 27.7 Å². The molecule has 0 aliphatic carbocycles. The van der Waals surface area contributed by atoms with E-state index in [9.17, 15) is 8.42 Å². The first-order chi connectivity index (χ1) is 8.12. The second-order valence-electron chi connectivity index (χ2n) is 3.82. The van der Waals surface area contributed by atoms with Gasteiger partial charge >= 0.3 is 0 Å². The standard InChI is InChI=1S/C11H12N2O3S/c12-7-9-1-3-11(4-2-9)17(14,15)13-10-5-6-16-8-10/h1-4,10,13H,5-6,8H2. The van der Waals surface area contributed by atoms with Crippen LogP contribution >= 0.6 is 0 Å². The Bertz CT molecular complexity index is 525. The Kier molecular flexibility index (Phi) is 3.43. The zero-order chi connectivity index (χ0) is 12.3. The Hall–Kier alpha value is -1.42. The fourth-order valence-corrected chi connectivity index (χ4v) is 2.88. The molecule has 0 spiro atoms. The Labute approximate surface area is 100 Å². The number of nitrogens with zero attached hydrogens (tertiary/aromatic N) is 1. The van der Waals surface area contributed by atoms with E-state index in [2.05, 4.69) is 4.72 Å². The molecule has 5 nitrogen and oxygen atoms in total. The molecule has 1 atom stereocenters. The van der Waals surface area contributed by atoms with Crippen LogP contribution in [0.2, 0.25) is 0 Å². The molecular formula is C11H12N2O3S. The van der Waals surface area contributed by atoms with Gasteiger partial charge in [0.05, 0.1) is 23.1 Å². The Morgan fingerprint density at radius 3 is 2.59 bits per heavy atom. The topological polar surface area (TPSA) is 79.2 Å². The van der Waals surface area contributed by atoms with Crippen molar-refractivity contribution in [2.45, 2.75) is 17.4 Å². The van der Waals surface area contributed by atoms with Gasteiger partial charge in [0.25, 0.3) is 0 Å². The van der Waals surface area contributed by atoms with Gasteiger partial charge in [0, 0.05) is 12.6 Å². The van der Waals surface area contributed by atoms with E-state index in [4.69, 9.17) is 10.00 Å². The van der Waals surface area contributed by atoms with Crippen molar-refractivity contribution in [2.24, 2.45) is 0 Å². The highest BCUT2D eigenvalue weighted by atomic mass is 32.2. The predicted molar refractivity (Wildman–Crippen MR) is 60.7 cm³/mol. The number of nitrogens with one attached hydrogen (secondary N) is 1. The minimum atomic E-state index is -3.51. The van der Waals surface area contributed by atoms with Crippen LogP contribution in [0.15, 0.2) is 29.2 Å². The molecule has 1 saturated heterocycles. The van der Waals surface area contributed by atoms with Crippen LogP contribution < -0.4 is 4.72 Å². The molecule has 0 aromatic heterocycles. The summed E-state index contributed by atoms with van der Waals surface area (Å²) in [4.78, 5) is 0.170. The van der Waals surface area contributed by atoms with Gasteiger partial charge in [-0.05, 0) is 30.7 Å². The van der Waals surface area contributed by atoms with Gasteiger partial charge in [0.15, 0.2) is 0 Å². The summed E-state index contributed by atoms with van der Waals surface area (Å²) in [5.41, 5.74) is 0.438. The van der Waals surface area contributed by atoms with Crippen molar-refractivity contribution < 1.29 is 13.2 Å². The second kappa shape index (κ2) is 4.84. The first-order valence-electron chi connectivity index (χ1n) is 5.22. The third kappa shape index (κ3) is 2.82. The van der Waals surface area contributed by atoms with E-state index >= 15 is 0 Å². The van der Waals surface area contributed by atoms with Crippen molar-refractivity contribution in [3.63, 3.8) is 0 Å². The quantitative estimate of drug-likeness (QED) is 0.855. The summed E-state index contributed by atoms with van der Waals surface area (Å²) >= 11 is 0. The van der Waals surface area contributed by atoms with Crippen LogP contribution in [0.5, 0.6) is 0 Å². The summed E-state index contributed by atoms with van der Waals surface area (Å²) in [5, 5.41) is 8.63. The van der Waals surface area contributed by atoms with E-state index in [0.29, 0.717) is 25.2 Å². The second-order valence-corrected chi connectivity index (χ2v) is 5.53. The smallest absolute Gasteiger partial charge is 0.240 e. The van der Waals surface area contributed by atoms with E-state index in [1.54, 1.807) is 0 Å². The number of nitriles is 1. The third-order valence-corrected chi connectivity index (χ3v) is 4.08. The highest BCUT2D eigenvalue weighted by Crippen LogP contribution is 2.13. The maximum absolute atomic E-state index is 11.9. The highest BCUT2D eigenvalue weighted by molar-refractivity contribution is 7.89. The fourth-order valence-electron chi connectivity index (χ4n) is 1.62. The van der Waals surface area contributed by atoms with Crippen molar-refractivity contribution in [2.75, 3.05) is 13.2 Å². The molecule has 1 N–H and O–H groups in total. The van der Waals surface area contributed by atoms with E-state index < -0.39 is 10.0 Å². The third-order valence-electron chi connectivity index (χ3n) is 2.55. The summed E-state index contributed by atoms with van der Waals surface area (Å²) in [5.74, 6) is 0. The molecule has 2 rings (SSSR count). The first-order valence-corrected chi connectivity index (χ1v) is 6.70. The fraction of sp³-hybridized carbons (Fsp3) is 0.364. The molecule has 1 aromatic carbocycles. The average molecular weight is 252 g/mol. The van der Waals surface area contributed by atoms with Crippen molar-refractivity contribution in [1.29, 1.82) is 5.26 Å². The maximum Gasteiger partial charge on any atom is 0.240 e. The zero-order valence-electron chi connectivity index (χ0n) is 9.09. The minimum Gasteiger partial charge on any atom is -0.380 e. The summed E-state index contributed by atoms with van der Waals surface area (Å²) in [6, 6.07) is 7.61. The van der Waals surface area contributed by atoms with Gasteiger partial charge in [0.1, 0.15) is 0 Å². The van der Waals surface area contributed by atoms with Crippen molar-refractivity contribution in [3.05, 3.63) is 29.8 Å². The molecule has 0 bridgehead atoms. The monoisotopic (exact) mass is 252 g/mol. The maximum atomic E-state index is 11.9. The number of hydrogen-bond donors (Lipinski definition) is 1. The van der Waals surface area contributed by atoms with Crippen molar-refractivity contribution in [1.82, 2.24) is 4.72 Å². The zero-order valence-corrected chi connectivity index (χ0v) is 9.90.